The first-order valence-corrected chi connectivity index (χ1v) is 11.8. The largest absolute Gasteiger partial charge is 0.495 e. The fourth-order valence-corrected chi connectivity index (χ4v) is 5.27. The zero-order chi connectivity index (χ0) is 24.9. The lowest BCUT2D eigenvalue weighted by Gasteiger charge is -2.51. The van der Waals surface area contributed by atoms with Gasteiger partial charge in [-0.05, 0) is 67.0 Å². The number of oxime groups is 1. The smallest absolute Gasteiger partial charge is 0.260 e. The number of piperidine rings is 1. The summed E-state index contributed by atoms with van der Waals surface area (Å²) in [5.74, 6) is 1.04. The Morgan fingerprint density at radius 1 is 1.19 bits per heavy atom. The predicted octanol–water partition coefficient (Wildman–Crippen LogP) is 3.62. The van der Waals surface area contributed by atoms with Crippen LogP contribution in [-0.4, -0.2) is 58.9 Å². The van der Waals surface area contributed by atoms with E-state index in [1.165, 1.54) is 12.1 Å². The summed E-state index contributed by atoms with van der Waals surface area (Å²) >= 11 is 0. The first kappa shape index (κ1) is 22.8. The molecular weight excluding hydrogens is 463 g/mol. The van der Waals surface area contributed by atoms with Crippen LogP contribution >= 0.6 is 0 Å². The van der Waals surface area contributed by atoms with Crippen LogP contribution in [0.25, 0.3) is 11.8 Å². The van der Waals surface area contributed by atoms with E-state index in [4.69, 9.17) is 14.3 Å². The average molecular weight is 491 g/mol. The van der Waals surface area contributed by atoms with Gasteiger partial charge in [0.25, 0.3) is 5.72 Å². The number of aryl methyl sites for hydroxylation is 1. The summed E-state index contributed by atoms with van der Waals surface area (Å²) < 4.78 is 26.9. The Balaban J connectivity index is 1.39. The topological polar surface area (TPSA) is 81.3 Å². The summed E-state index contributed by atoms with van der Waals surface area (Å²) in [4.78, 5) is 12.3. The van der Waals surface area contributed by atoms with Crippen LogP contribution in [0.1, 0.15) is 23.2 Å². The summed E-state index contributed by atoms with van der Waals surface area (Å²) in [6.45, 7) is 3.45. The number of methoxy groups -OCH3 is 1. The Hall–Kier alpha value is -3.69. The molecule has 0 amide bonds. The third-order valence-electron chi connectivity index (χ3n) is 7.18. The number of hydrogen-bond donors (Lipinski definition) is 1. The molecule has 0 aliphatic carbocycles. The fourth-order valence-electron chi connectivity index (χ4n) is 5.27. The summed E-state index contributed by atoms with van der Waals surface area (Å²) in [7, 11) is 1.65. The van der Waals surface area contributed by atoms with Crippen molar-refractivity contribution in [3.8, 4) is 11.4 Å². The van der Waals surface area contributed by atoms with Crippen molar-refractivity contribution in [2.45, 2.75) is 19.1 Å². The van der Waals surface area contributed by atoms with Gasteiger partial charge in [-0.1, -0.05) is 11.2 Å². The fraction of sp³-hybridized carbons (Fsp3) is 0.333. The molecule has 36 heavy (non-hydrogen) atoms. The number of nitrogens with zero attached hydrogens (tertiary/aromatic N) is 4. The number of aliphatic hydroxyl groups excluding tert-OH is 1. The van der Waals surface area contributed by atoms with Gasteiger partial charge in [-0.25, -0.2) is 9.37 Å². The highest BCUT2D eigenvalue weighted by Gasteiger charge is 2.56. The Morgan fingerprint density at radius 3 is 2.64 bits per heavy atom. The number of imidazole rings is 1. The average Bonchev–Trinajstić information content (AvgIpc) is 3.47. The van der Waals surface area contributed by atoms with Crippen molar-refractivity contribution in [3.63, 3.8) is 0 Å². The van der Waals surface area contributed by atoms with Gasteiger partial charge in [0.05, 0.1) is 38.0 Å². The number of hydrogen-bond acceptors (Lipinski definition) is 7. The lowest BCUT2D eigenvalue weighted by atomic mass is 9.74. The Kier molecular flexibility index (Phi) is 5.35. The molecule has 1 N–H and O–H groups in total. The molecule has 3 aliphatic heterocycles. The van der Waals surface area contributed by atoms with Gasteiger partial charge in [0, 0.05) is 23.7 Å². The molecule has 2 fully saturated rings. The van der Waals surface area contributed by atoms with Gasteiger partial charge < -0.3 is 28.9 Å². The Bertz CT molecular complexity index is 1360. The maximum atomic E-state index is 13.6. The van der Waals surface area contributed by atoms with Crippen LogP contribution in [0.15, 0.2) is 65.7 Å². The van der Waals surface area contributed by atoms with Gasteiger partial charge in [-0.2, -0.15) is 0 Å². The molecule has 0 bridgehead atoms. The molecule has 9 heteroatoms. The molecular formula is C27H27FN4O4. The third kappa shape index (κ3) is 3.58. The van der Waals surface area contributed by atoms with E-state index in [2.05, 4.69) is 16.2 Å². The monoisotopic (exact) mass is 490 g/mol. The summed E-state index contributed by atoms with van der Waals surface area (Å²) in [6, 6.07) is 12.0. The SMILES string of the molecule is COc1cc(/C=C2\CC3(COC3)CN3C2=NOC3(CO)c2ccc(F)cc2)ccc1-n1cnc(C)c1. The lowest BCUT2D eigenvalue weighted by Crippen LogP contribution is -2.61. The number of ether oxygens (including phenoxy) is 2. The molecule has 8 nitrogen and oxygen atoms in total. The molecule has 2 aromatic carbocycles. The van der Waals surface area contributed by atoms with E-state index in [9.17, 15) is 9.50 Å². The molecule has 1 atom stereocenters. The maximum Gasteiger partial charge on any atom is 0.260 e. The molecule has 1 aromatic heterocycles. The number of aromatic nitrogens is 2. The zero-order valence-electron chi connectivity index (χ0n) is 20.1. The molecule has 3 aliphatic rings. The first-order valence-electron chi connectivity index (χ1n) is 11.8. The number of halogens is 1. The second kappa shape index (κ2) is 8.46. The molecule has 6 rings (SSSR count). The number of rotatable bonds is 5. The molecule has 3 aromatic rings. The highest BCUT2D eigenvalue weighted by molar-refractivity contribution is 6.04. The highest BCUT2D eigenvalue weighted by atomic mass is 19.1. The summed E-state index contributed by atoms with van der Waals surface area (Å²) in [5.41, 5.74) is 3.06. The normalized spacial score (nSPS) is 23.3. The minimum absolute atomic E-state index is 0.114. The molecule has 186 valence electrons. The Morgan fingerprint density at radius 2 is 2.00 bits per heavy atom. The highest BCUT2D eigenvalue weighted by Crippen LogP contribution is 2.48. The van der Waals surface area contributed by atoms with E-state index in [-0.39, 0.29) is 17.8 Å². The van der Waals surface area contributed by atoms with Gasteiger partial charge in [0.15, 0.2) is 5.84 Å². The van der Waals surface area contributed by atoms with Crippen LogP contribution in [-0.2, 0) is 15.3 Å². The molecule has 0 saturated carbocycles. The lowest BCUT2D eigenvalue weighted by molar-refractivity contribution is -0.178. The number of benzene rings is 2. The maximum absolute atomic E-state index is 13.6. The second-order valence-corrected chi connectivity index (χ2v) is 9.73. The Labute approximate surface area is 208 Å². The minimum Gasteiger partial charge on any atom is -0.495 e. The molecule has 1 spiro atoms. The van der Waals surface area contributed by atoms with Crippen molar-refractivity contribution < 1.29 is 23.8 Å². The quantitative estimate of drug-likeness (QED) is 0.589. The van der Waals surface area contributed by atoms with Crippen LogP contribution in [0.5, 0.6) is 5.75 Å². The molecule has 2 saturated heterocycles. The standard InChI is InChI=1S/C27H27FN4O4/c1-18-12-31(17-29-18)23-8-3-19(10-24(23)34-2)9-20-11-26(15-35-16-26)13-32-25(20)30-36-27(32,14-33)21-4-6-22(28)7-5-21/h3-10,12,17,33H,11,13-16H2,1-2H3/b20-9+. The van der Waals surface area contributed by atoms with Crippen molar-refractivity contribution in [2.75, 3.05) is 33.5 Å². The van der Waals surface area contributed by atoms with Crippen molar-refractivity contribution in [2.24, 2.45) is 10.6 Å². The second-order valence-electron chi connectivity index (χ2n) is 9.73. The van der Waals surface area contributed by atoms with Crippen molar-refractivity contribution in [1.29, 1.82) is 0 Å². The summed E-state index contributed by atoms with van der Waals surface area (Å²) in [6.07, 6.45) is 6.56. The molecule has 4 heterocycles. The zero-order valence-corrected chi connectivity index (χ0v) is 20.1. The van der Waals surface area contributed by atoms with Crippen molar-refractivity contribution >= 4 is 11.9 Å². The van der Waals surface area contributed by atoms with E-state index in [1.54, 1.807) is 25.6 Å². The van der Waals surface area contributed by atoms with E-state index in [0.717, 1.165) is 34.7 Å². The minimum atomic E-state index is -1.22. The molecule has 1 unspecified atom stereocenters. The third-order valence-corrected chi connectivity index (χ3v) is 7.18. The van der Waals surface area contributed by atoms with Gasteiger partial charge in [-0.15, -0.1) is 0 Å². The predicted molar refractivity (Wildman–Crippen MR) is 131 cm³/mol. The van der Waals surface area contributed by atoms with Crippen LogP contribution < -0.4 is 4.74 Å². The van der Waals surface area contributed by atoms with E-state index in [1.807, 2.05) is 40.8 Å². The molecule has 0 radical (unpaired) electrons. The van der Waals surface area contributed by atoms with Gasteiger partial charge in [-0.3, -0.25) is 0 Å². The number of aliphatic hydroxyl groups is 1. The van der Waals surface area contributed by atoms with E-state index >= 15 is 0 Å². The van der Waals surface area contributed by atoms with Crippen LogP contribution in [0.4, 0.5) is 4.39 Å². The van der Waals surface area contributed by atoms with Crippen molar-refractivity contribution in [3.05, 3.63) is 83.2 Å². The number of fused-ring (bicyclic) bond motifs is 1. The van der Waals surface area contributed by atoms with Gasteiger partial charge in [0.1, 0.15) is 18.2 Å². The van der Waals surface area contributed by atoms with E-state index in [0.29, 0.717) is 31.2 Å². The van der Waals surface area contributed by atoms with E-state index < -0.39 is 5.72 Å². The van der Waals surface area contributed by atoms with Crippen LogP contribution in [0, 0.1) is 18.2 Å². The summed E-state index contributed by atoms with van der Waals surface area (Å²) in [5, 5.41) is 14.9. The van der Waals surface area contributed by atoms with Gasteiger partial charge >= 0.3 is 0 Å². The van der Waals surface area contributed by atoms with Gasteiger partial charge in [0.2, 0.25) is 0 Å². The first-order chi connectivity index (χ1) is 17.4. The number of amidine groups is 1. The van der Waals surface area contributed by atoms with Crippen LogP contribution in [0.2, 0.25) is 0 Å². The van der Waals surface area contributed by atoms with Crippen LogP contribution in [0.3, 0.4) is 0 Å². The van der Waals surface area contributed by atoms with Crippen molar-refractivity contribution in [1.82, 2.24) is 14.5 Å².